The number of anilines is 1. The third-order valence-electron chi connectivity index (χ3n) is 5.64. The minimum Gasteiger partial charge on any atom is -0.339 e. The van der Waals surface area contributed by atoms with Crippen LogP contribution in [0, 0.1) is 0 Å². The number of nitrogens with one attached hydrogen (secondary N) is 1. The molecule has 0 spiro atoms. The predicted octanol–water partition coefficient (Wildman–Crippen LogP) is 3.77. The van der Waals surface area contributed by atoms with Crippen LogP contribution in [0.1, 0.15) is 41.9 Å². The lowest BCUT2D eigenvalue weighted by atomic mass is 9.95. The Morgan fingerprint density at radius 1 is 1.09 bits per heavy atom. The topological polar surface area (TPSA) is 97.2 Å². The van der Waals surface area contributed by atoms with Crippen LogP contribution in [0.15, 0.2) is 59.8 Å². The number of carbonyl (C=O) groups excluding carboxylic acids is 1. The van der Waals surface area contributed by atoms with Crippen molar-refractivity contribution in [1.82, 2.24) is 19.7 Å². The molecule has 10 heteroatoms. The Kier molecular flexibility index (Phi) is 6.48. The Morgan fingerprint density at radius 2 is 1.75 bits per heavy atom. The van der Waals surface area contributed by atoms with Crippen molar-refractivity contribution in [3.05, 3.63) is 71.3 Å². The molecule has 1 aromatic heterocycles. The summed E-state index contributed by atoms with van der Waals surface area (Å²) in [6, 6.07) is 12.4. The maximum absolute atomic E-state index is 12.9. The summed E-state index contributed by atoms with van der Waals surface area (Å²) in [6.45, 7) is 4.13. The van der Waals surface area contributed by atoms with Gasteiger partial charge in [0.2, 0.25) is 0 Å². The fourth-order valence-electron chi connectivity index (χ4n) is 3.86. The molecule has 4 rings (SSSR count). The number of piperidine rings is 1. The van der Waals surface area contributed by atoms with Crippen molar-refractivity contribution in [2.24, 2.45) is 0 Å². The molecule has 2 heterocycles. The van der Waals surface area contributed by atoms with E-state index >= 15 is 0 Å². The largest absolute Gasteiger partial charge is 0.339 e. The second-order valence-corrected chi connectivity index (χ2v) is 9.80. The van der Waals surface area contributed by atoms with Crippen LogP contribution in [0.2, 0.25) is 5.02 Å². The Hall–Kier alpha value is -2.91. The molecular formula is C22H24ClN5O3S. The SMILES string of the molecule is CCn1cnnc1C1CCN(C(=O)c2ccc(S(=O)(=O)Nc3ccc(Cl)cc3)cc2)CC1. The van der Waals surface area contributed by atoms with E-state index < -0.39 is 10.0 Å². The van der Waals surface area contributed by atoms with Crippen LogP contribution >= 0.6 is 11.6 Å². The Labute approximate surface area is 192 Å². The molecule has 0 radical (unpaired) electrons. The summed E-state index contributed by atoms with van der Waals surface area (Å²) < 4.78 is 29.8. The highest BCUT2D eigenvalue weighted by atomic mass is 35.5. The Morgan fingerprint density at radius 3 is 2.38 bits per heavy atom. The smallest absolute Gasteiger partial charge is 0.261 e. The van der Waals surface area contributed by atoms with Crippen LogP contribution in [0.25, 0.3) is 0 Å². The zero-order chi connectivity index (χ0) is 22.7. The second-order valence-electron chi connectivity index (χ2n) is 7.68. The van der Waals surface area contributed by atoms with Crippen LogP contribution in [-0.2, 0) is 16.6 Å². The normalized spacial score (nSPS) is 15.0. The number of rotatable bonds is 6. The highest BCUT2D eigenvalue weighted by Crippen LogP contribution is 2.27. The first-order valence-electron chi connectivity index (χ1n) is 10.4. The second kappa shape index (κ2) is 9.30. The van der Waals surface area contributed by atoms with Gasteiger partial charge in [0, 0.05) is 41.8 Å². The molecule has 0 saturated carbocycles. The van der Waals surface area contributed by atoms with E-state index in [0.717, 1.165) is 25.2 Å². The van der Waals surface area contributed by atoms with Crippen molar-refractivity contribution < 1.29 is 13.2 Å². The van der Waals surface area contributed by atoms with Crippen LogP contribution in [0.3, 0.4) is 0 Å². The average Bonchev–Trinajstić information content (AvgIpc) is 3.29. The third-order valence-corrected chi connectivity index (χ3v) is 7.29. The molecule has 1 N–H and O–H groups in total. The van der Waals surface area contributed by atoms with Gasteiger partial charge in [0.1, 0.15) is 12.2 Å². The van der Waals surface area contributed by atoms with E-state index in [1.807, 2.05) is 4.57 Å². The van der Waals surface area contributed by atoms with Gasteiger partial charge in [0.25, 0.3) is 15.9 Å². The van der Waals surface area contributed by atoms with Gasteiger partial charge in [-0.1, -0.05) is 11.6 Å². The number of aryl methyl sites for hydroxylation is 1. The number of halogens is 1. The first-order chi connectivity index (χ1) is 15.4. The van der Waals surface area contributed by atoms with Crippen molar-refractivity contribution in [2.75, 3.05) is 17.8 Å². The van der Waals surface area contributed by atoms with E-state index in [2.05, 4.69) is 21.8 Å². The molecule has 0 atom stereocenters. The molecule has 2 aromatic carbocycles. The van der Waals surface area contributed by atoms with Gasteiger partial charge in [0.15, 0.2) is 0 Å². The number of carbonyl (C=O) groups is 1. The molecule has 8 nitrogen and oxygen atoms in total. The lowest BCUT2D eigenvalue weighted by Crippen LogP contribution is -2.38. The van der Waals surface area contributed by atoms with Crippen LogP contribution in [0.4, 0.5) is 5.69 Å². The number of hydrogen-bond donors (Lipinski definition) is 1. The summed E-state index contributed by atoms with van der Waals surface area (Å²) in [5.74, 6) is 1.16. The van der Waals surface area contributed by atoms with E-state index in [4.69, 9.17) is 11.6 Å². The maximum Gasteiger partial charge on any atom is 0.261 e. The van der Waals surface area contributed by atoms with Gasteiger partial charge in [-0.2, -0.15) is 0 Å². The molecule has 1 fully saturated rings. The lowest BCUT2D eigenvalue weighted by Gasteiger charge is -2.31. The van der Waals surface area contributed by atoms with E-state index in [0.29, 0.717) is 29.4 Å². The molecule has 0 aliphatic carbocycles. The molecule has 0 bridgehead atoms. The van der Waals surface area contributed by atoms with Gasteiger partial charge in [-0.05, 0) is 68.3 Å². The molecule has 168 valence electrons. The first kappa shape index (κ1) is 22.3. The summed E-state index contributed by atoms with van der Waals surface area (Å²) in [4.78, 5) is 14.8. The molecule has 1 saturated heterocycles. The van der Waals surface area contributed by atoms with Crippen molar-refractivity contribution in [3.8, 4) is 0 Å². The fraction of sp³-hybridized carbons (Fsp3) is 0.318. The van der Waals surface area contributed by atoms with Gasteiger partial charge < -0.3 is 9.47 Å². The number of likely N-dealkylation sites (tertiary alicyclic amines) is 1. The van der Waals surface area contributed by atoms with E-state index in [9.17, 15) is 13.2 Å². The quantitative estimate of drug-likeness (QED) is 0.587. The predicted molar refractivity (Wildman–Crippen MR) is 122 cm³/mol. The number of nitrogens with zero attached hydrogens (tertiary/aromatic N) is 4. The average molecular weight is 474 g/mol. The zero-order valence-electron chi connectivity index (χ0n) is 17.6. The number of aromatic nitrogens is 3. The van der Waals surface area contributed by atoms with Crippen molar-refractivity contribution in [3.63, 3.8) is 0 Å². The molecule has 1 aliphatic heterocycles. The highest BCUT2D eigenvalue weighted by molar-refractivity contribution is 7.92. The third kappa shape index (κ3) is 4.78. The highest BCUT2D eigenvalue weighted by Gasteiger charge is 2.27. The van der Waals surface area contributed by atoms with Crippen molar-refractivity contribution in [2.45, 2.75) is 37.1 Å². The maximum atomic E-state index is 12.9. The standard InChI is InChI=1S/C22H24ClN5O3S/c1-2-27-15-24-25-21(27)16-11-13-28(14-12-16)22(29)17-3-9-20(10-4-17)32(30,31)26-19-7-5-18(23)6-8-19/h3-10,15-16,26H,2,11-14H2,1H3. The summed E-state index contributed by atoms with van der Waals surface area (Å²) >= 11 is 5.84. The fourth-order valence-corrected chi connectivity index (χ4v) is 5.04. The van der Waals surface area contributed by atoms with Crippen LogP contribution in [0.5, 0.6) is 0 Å². The van der Waals surface area contributed by atoms with Crippen LogP contribution < -0.4 is 4.72 Å². The van der Waals surface area contributed by atoms with Gasteiger partial charge in [-0.15, -0.1) is 10.2 Å². The minimum absolute atomic E-state index is 0.0848. The minimum atomic E-state index is -3.77. The molecule has 1 aliphatic rings. The van der Waals surface area contributed by atoms with E-state index in [-0.39, 0.29) is 16.7 Å². The van der Waals surface area contributed by atoms with Gasteiger partial charge >= 0.3 is 0 Å². The molecule has 32 heavy (non-hydrogen) atoms. The van der Waals surface area contributed by atoms with Crippen molar-refractivity contribution in [1.29, 1.82) is 0 Å². The lowest BCUT2D eigenvalue weighted by molar-refractivity contribution is 0.0710. The Bertz CT molecular complexity index is 1190. The molecular weight excluding hydrogens is 450 g/mol. The molecule has 0 unspecified atom stereocenters. The van der Waals surface area contributed by atoms with E-state index in [1.165, 1.54) is 12.1 Å². The number of hydrogen-bond acceptors (Lipinski definition) is 5. The van der Waals surface area contributed by atoms with Gasteiger partial charge in [0.05, 0.1) is 4.90 Å². The summed E-state index contributed by atoms with van der Waals surface area (Å²) in [5.41, 5.74) is 0.877. The first-order valence-corrected chi connectivity index (χ1v) is 12.3. The van der Waals surface area contributed by atoms with Gasteiger partial charge in [-0.25, -0.2) is 8.42 Å². The monoisotopic (exact) mass is 473 g/mol. The van der Waals surface area contributed by atoms with E-state index in [1.54, 1.807) is 47.6 Å². The van der Waals surface area contributed by atoms with Crippen LogP contribution in [-0.4, -0.2) is 47.1 Å². The number of sulfonamides is 1. The summed E-state index contributed by atoms with van der Waals surface area (Å²) in [7, 11) is -3.77. The molecule has 1 amide bonds. The number of amides is 1. The summed E-state index contributed by atoms with van der Waals surface area (Å²) in [6.07, 6.45) is 3.38. The van der Waals surface area contributed by atoms with Crippen molar-refractivity contribution >= 4 is 33.2 Å². The number of benzene rings is 2. The zero-order valence-corrected chi connectivity index (χ0v) is 19.2. The molecule has 3 aromatic rings. The van der Waals surface area contributed by atoms with Gasteiger partial charge in [-0.3, -0.25) is 9.52 Å². The summed E-state index contributed by atoms with van der Waals surface area (Å²) in [5, 5.41) is 8.77. The Balaban J connectivity index is 1.39.